The number of halogens is 1. The first-order valence-corrected chi connectivity index (χ1v) is 11.8. The number of amides is 1. The van der Waals surface area contributed by atoms with Crippen molar-refractivity contribution in [2.45, 2.75) is 69.2 Å². The number of hydrogen-bond donors (Lipinski definition) is 1. The van der Waals surface area contributed by atoms with Crippen molar-refractivity contribution < 1.29 is 9.18 Å². The Kier molecular flexibility index (Phi) is 3.60. The molecule has 6 bridgehead atoms. The number of carbonyl (C=O) groups excluding carboxylic acids is 1. The van der Waals surface area contributed by atoms with E-state index in [2.05, 4.69) is 5.32 Å². The number of hydrogen-bond acceptors (Lipinski definition) is 2. The van der Waals surface area contributed by atoms with Crippen molar-refractivity contribution in [1.82, 2.24) is 15.1 Å². The van der Waals surface area contributed by atoms with Crippen LogP contribution in [0, 0.1) is 29.5 Å². The zero-order chi connectivity index (χ0) is 20.0. The SMILES string of the molecule is O=C(NC1C2CC3CC(C2)CC1C3)c1nn(-c2ccc(F)cc2)c2c1C1CCC2C1. The Balaban J connectivity index is 1.24. The van der Waals surface area contributed by atoms with Crippen LogP contribution in [0.25, 0.3) is 5.69 Å². The van der Waals surface area contributed by atoms with E-state index in [0.717, 1.165) is 30.4 Å². The summed E-state index contributed by atoms with van der Waals surface area (Å²) in [4.78, 5) is 13.5. The molecular weight excluding hydrogens is 377 g/mol. The molecule has 2 aromatic rings. The molecule has 5 heteroatoms. The van der Waals surface area contributed by atoms with Crippen LogP contribution in [0.15, 0.2) is 24.3 Å². The van der Waals surface area contributed by atoms with E-state index in [1.54, 1.807) is 12.1 Å². The number of benzene rings is 1. The molecule has 2 atom stereocenters. The molecule has 6 aliphatic carbocycles. The van der Waals surface area contributed by atoms with Gasteiger partial charge < -0.3 is 5.32 Å². The average Bonchev–Trinajstić information content (AvgIpc) is 3.43. The number of fused-ring (bicyclic) bond motifs is 5. The van der Waals surface area contributed by atoms with Crippen LogP contribution in [0.4, 0.5) is 4.39 Å². The summed E-state index contributed by atoms with van der Waals surface area (Å²) >= 11 is 0. The van der Waals surface area contributed by atoms with Gasteiger partial charge >= 0.3 is 0 Å². The summed E-state index contributed by atoms with van der Waals surface area (Å²) in [6, 6.07) is 6.83. The van der Waals surface area contributed by atoms with Gasteiger partial charge in [0.25, 0.3) is 5.91 Å². The smallest absolute Gasteiger partial charge is 0.272 e. The predicted octanol–water partition coefficient (Wildman–Crippen LogP) is 4.93. The summed E-state index contributed by atoms with van der Waals surface area (Å²) in [5, 5.41) is 8.30. The van der Waals surface area contributed by atoms with Gasteiger partial charge in [-0.1, -0.05) is 0 Å². The van der Waals surface area contributed by atoms with Gasteiger partial charge in [0.2, 0.25) is 0 Å². The fourth-order valence-corrected chi connectivity index (χ4v) is 8.06. The van der Waals surface area contributed by atoms with E-state index >= 15 is 0 Å². The molecule has 6 aliphatic rings. The summed E-state index contributed by atoms with van der Waals surface area (Å²) in [7, 11) is 0. The maximum atomic E-state index is 13.5. The largest absolute Gasteiger partial charge is 0.347 e. The van der Waals surface area contributed by atoms with Crippen LogP contribution in [0.1, 0.15) is 84.9 Å². The Bertz CT molecular complexity index is 998. The van der Waals surface area contributed by atoms with E-state index in [1.165, 1.54) is 61.9 Å². The monoisotopic (exact) mass is 405 g/mol. The molecule has 1 N–H and O–H groups in total. The molecule has 1 heterocycles. The molecule has 2 unspecified atom stereocenters. The highest BCUT2D eigenvalue weighted by Crippen LogP contribution is 2.56. The van der Waals surface area contributed by atoms with Crippen LogP contribution in [0.2, 0.25) is 0 Å². The molecule has 5 fully saturated rings. The molecule has 5 saturated carbocycles. The molecule has 30 heavy (non-hydrogen) atoms. The minimum absolute atomic E-state index is 0.0251. The Morgan fingerprint density at radius 3 is 2.30 bits per heavy atom. The standard InChI is InChI=1S/C25H28FN3O/c26-19-3-5-20(6-4-19)29-24-16-2-1-15(12-16)21(24)23(28-29)25(30)27-22-17-8-13-7-14(10-17)11-18(22)9-13/h3-6,13-18,22H,1-2,7-12H2,(H,27,30). The lowest BCUT2D eigenvalue weighted by atomic mass is 9.54. The first-order valence-electron chi connectivity index (χ1n) is 11.8. The third-order valence-electron chi connectivity index (χ3n) is 9.00. The van der Waals surface area contributed by atoms with Gasteiger partial charge in [0.1, 0.15) is 5.82 Å². The van der Waals surface area contributed by atoms with Crippen LogP contribution in [0.5, 0.6) is 0 Å². The quantitative estimate of drug-likeness (QED) is 0.787. The molecule has 8 rings (SSSR count). The van der Waals surface area contributed by atoms with E-state index < -0.39 is 0 Å². The summed E-state index contributed by atoms with van der Waals surface area (Å²) < 4.78 is 15.4. The van der Waals surface area contributed by atoms with Gasteiger partial charge in [0.05, 0.1) is 11.4 Å². The minimum atomic E-state index is -0.246. The maximum absolute atomic E-state index is 13.5. The number of carbonyl (C=O) groups is 1. The summed E-state index contributed by atoms with van der Waals surface area (Å²) in [5.41, 5.74) is 3.87. The Hall–Kier alpha value is -2.17. The summed E-state index contributed by atoms with van der Waals surface area (Å²) in [6.07, 6.45) is 10.1. The second-order valence-electron chi connectivity index (χ2n) is 10.7. The topological polar surface area (TPSA) is 46.9 Å². The average molecular weight is 406 g/mol. The Morgan fingerprint density at radius 1 is 0.933 bits per heavy atom. The molecule has 1 amide bonds. The molecule has 1 aromatic heterocycles. The lowest BCUT2D eigenvalue weighted by Crippen LogP contribution is -2.56. The fourth-order valence-electron chi connectivity index (χ4n) is 8.06. The predicted molar refractivity (Wildman–Crippen MR) is 111 cm³/mol. The highest BCUT2D eigenvalue weighted by atomic mass is 19.1. The summed E-state index contributed by atoms with van der Waals surface area (Å²) in [6.45, 7) is 0. The first-order chi connectivity index (χ1) is 14.6. The van der Waals surface area contributed by atoms with Crippen LogP contribution < -0.4 is 5.32 Å². The van der Waals surface area contributed by atoms with E-state index in [-0.39, 0.29) is 11.7 Å². The normalized spacial score (nSPS) is 37.6. The zero-order valence-corrected chi connectivity index (χ0v) is 17.2. The lowest BCUT2D eigenvalue weighted by Gasteiger charge is -2.54. The number of rotatable bonds is 3. The Morgan fingerprint density at radius 2 is 1.60 bits per heavy atom. The number of nitrogens with one attached hydrogen (secondary N) is 1. The Labute approximate surface area is 176 Å². The van der Waals surface area contributed by atoms with Crippen LogP contribution in [-0.2, 0) is 0 Å². The molecule has 0 radical (unpaired) electrons. The van der Waals surface area contributed by atoms with Crippen LogP contribution in [0.3, 0.4) is 0 Å². The molecule has 0 aliphatic heterocycles. The van der Waals surface area contributed by atoms with Gasteiger partial charge in [0.15, 0.2) is 5.69 Å². The van der Waals surface area contributed by atoms with Crippen molar-refractivity contribution in [3.63, 3.8) is 0 Å². The zero-order valence-electron chi connectivity index (χ0n) is 17.2. The van der Waals surface area contributed by atoms with Crippen molar-refractivity contribution in [2.24, 2.45) is 23.7 Å². The first kappa shape index (κ1) is 17.5. The number of nitrogens with zero attached hydrogens (tertiary/aromatic N) is 2. The van der Waals surface area contributed by atoms with Crippen molar-refractivity contribution in [1.29, 1.82) is 0 Å². The minimum Gasteiger partial charge on any atom is -0.347 e. The highest BCUT2D eigenvalue weighted by Gasteiger charge is 2.50. The van der Waals surface area contributed by atoms with Gasteiger partial charge in [-0.05, 0) is 105 Å². The molecule has 0 spiro atoms. The number of aromatic nitrogens is 2. The third-order valence-corrected chi connectivity index (χ3v) is 9.00. The van der Waals surface area contributed by atoms with Gasteiger partial charge in [-0.3, -0.25) is 4.79 Å². The van der Waals surface area contributed by atoms with Crippen molar-refractivity contribution in [3.05, 3.63) is 47.0 Å². The molecule has 156 valence electrons. The van der Waals surface area contributed by atoms with Crippen molar-refractivity contribution in [2.75, 3.05) is 0 Å². The molecule has 0 saturated heterocycles. The van der Waals surface area contributed by atoms with Gasteiger partial charge in [-0.25, -0.2) is 9.07 Å². The fraction of sp³-hybridized carbons (Fsp3) is 0.600. The van der Waals surface area contributed by atoms with Gasteiger partial charge in [-0.2, -0.15) is 5.10 Å². The molecular formula is C25H28FN3O. The van der Waals surface area contributed by atoms with Gasteiger partial charge in [0, 0.05) is 17.5 Å². The second-order valence-corrected chi connectivity index (χ2v) is 10.7. The van der Waals surface area contributed by atoms with Crippen molar-refractivity contribution >= 4 is 5.91 Å². The van der Waals surface area contributed by atoms with E-state index in [4.69, 9.17) is 5.10 Å². The molecule has 4 nitrogen and oxygen atoms in total. The van der Waals surface area contributed by atoms with E-state index in [1.807, 2.05) is 4.68 Å². The second kappa shape index (κ2) is 6.18. The maximum Gasteiger partial charge on any atom is 0.272 e. The van der Waals surface area contributed by atoms with Crippen LogP contribution in [-0.4, -0.2) is 21.7 Å². The summed E-state index contributed by atoms with van der Waals surface area (Å²) in [5.74, 6) is 3.84. The highest BCUT2D eigenvalue weighted by molar-refractivity contribution is 5.95. The third kappa shape index (κ3) is 2.44. The van der Waals surface area contributed by atoms with E-state index in [0.29, 0.717) is 35.4 Å². The molecule has 1 aromatic carbocycles. The van der Waals surface area contributed by atoms with Crippen molar-refractivity contribution in [3.8, 4) is 5.69 Å². The van der Waals surface area contributed by atoms with E-state index in [9.17, 15) is 9.18 Å². The van der Waals surface area contributed by atoms with Gasteiger partial charge in [-0.15, -0.1) is 0 Å². The van der Waals surface area contributed by atoms with Crippen LogP contribution >= 0.6 is 0 Å². The lowest BCUT2D eigenvalue weighted by molar-refractivity contribution is -0.0120.